The molecular weight excluding hydrogens is 332 g/mol. The quantitative estimate of drug-likeness (QED) is 0.919. The van der Waals surface area contributed by atoms with Crippen molar-refractivity contribution in [1.29, 1.82) is 0 Å². The van der Waals surface area contributed by atoms with Gasteiger partial charge in [-0.05, 0) is 30.5 Å². The molecule has 5 nitrogen and oxygen atoms in total. The van der Waals surface area contributed by atoms with Gasteiger partial charge in [0.25, 0.3) is 5.91 Å². The number of nitrogens with zero attached hydrogens (tertiary/aromatic N) is 3. The van der Waals surface area contributed by atoms with Crippen molar-refractivity contribution >= 4 is 17.7 Å². The highest BCUT2D eigenvalue weighted by molar-refractivity contribution is 7.99. The molecule has 3 heterocycles. The summed E-state index contributed by atoms with van der Waals surface area (Å²) in [6.45, 7) is 4.14. The number of hydrogen-bond donors (Lipinski definition) is 1. The molecule has 2 aromatic rings. The zero-order valence-electron chi connectivity index (χ0n) is 14.4. The molecule has 0 atom stereocenters. The summed E-state index contributed by atoms with van der Waals surface area (Å²) in [6.07, 6.45) is 5.83. The highest BCUT2D eigenvalue weighted by atomic mass is 32.2. The Balaban J connectivity index is 1.40. The molecule has 2 aliphatic heterocycles. The second-order valence-corrected chi connectivity index (χ2v) is 7.96. The smallest absolute Gasteiger partial charge is 0.253 e. The van der Waals surface area contributed by atoms with Gasteiger partial charge in [-0.25, -0.2) is 0 Å². The van der Waals surface area contributed by atoms with Gasteiger partial charge in [0.15, 0.2) is 0 Å². The molecule has 2 fully saturated rings. The molecule has 2 saturated heterocycles. The molecule has 25 heavy (non-hydrogen) atoms. The summed E-state index contributed by atoms with van der Waals surface area (Å²) >= 11 is 2.05. The average Bonchev–Trinajstić information content (AvgIpc) is 3.23. The van der Waals surface area contributed by atoms with Gasteiger partial charge in [0.05, 0.1) is 6.20 Å². The number of rotatable bonds is 3. The largest absolute Gasteiger partial charge is 0.339 e. The molecule has 1 aromatic carbocycles. The van der Waals surface area contributed by atoms with E-state index < -0.39 is 0 Å². The van der Waals surface area contributed by atoms with Crippen molar-refractivity contribution in [3.8, 4) is 11.1 Å². The minimum Gasteiger partial charge on any atom is -0.339 e. The summed E-state index contributed by atoms with van der Waals surface area (Å²) < 4.78 is 0. The first-order valence-electron chi connectivity index (χ1n) is 9.01. The van der Waals surface area contributed by atoms with Crippen molar-refractivity contribution in [3.05, 3.63) is 42.2 Å². The van der Waals surface area contributed by atoms with Crippen molar-refractivity contribution in [1.82, 2.24) is 20.0 Å². The van der Waals surface area contributed by atoms with Crippen LogP contribution in [0.25, 0.3) is 11.1 Å². The number of amides is 1. The van der Waals surface area contributed by atoms with Gasteiger partial charge >= 0.3 is 0 Å². The summed E-state index contributed by atoms with van der Waals surface area (Å²) in [5.74, 6) is 2.65. The SMILES string of the molecule is O=C(c1cccc(-c2cn[nH]c2)c1)N1CCC(N2CCSCC2)CC1. The first-order valence-corrected chi connectivity index (χ1v) is 10.2. The van der Waals surface area contributed by atoms with Crippen LogP contribution in [0.5, 0.6) is 0 Å². The summed E-state index contributed by atoms with van der Waals surface area (Å²) in [7, 11) is 0. The fraction of sp³-hybridized carbons (Fsp3) is 0.474. The van der Waals surface area contributed by atoms with E-state index in [1.807, 2.05) is 35.4 Å². The Morgan fingerprint density at radius 1 is 1.12 bits per heavy atom. The topological polar surface area (TPSA) is 52.2 Å². The molecule has 0 aliphatic carbocycles. The van der Waals surface area contributed by atoms with Crippen LogP contribution in [-0.2, 0) is 0 Å². The third-order valence-electron chi connectivity index (χ3n) is 5.25. The van der Waals surface area contributed by atoms with E-state index in [1.54, 1.807) is 6.20 Å². The number of piperidine rings is 1. The molecule has 6 heteroatoms. The zero-order valence-corrected chi connectivity index (χ0v) is 15.2. The number of H-pyrrole nitrogens is 1. The van der Waals surface area contributed by atoms with Crippen LogP contribution < -0.4 is 0 Å². The predicted octanol–water partition coefficient (Wildman–Crippen LogP) is 2.73. The molecular formula is C19H24N4OS. The van der Waals surface area contributed by atoms with Crippen molar-refractivity contribution in [2.45, 2.75) is 18.9 Å². The van der Waals surface area contributed by atoms with Crippen molar-refractivity contribution in [2.75, 3.05) is 37.7 Å². The van der Waals surface area contributed by atoms with Gasteiger partial charge in [-0.15, -0.1) is 0 Å². The van der Waals surface area contributed by atoms with Gasteiger partial charge in [-0.2, -0.15) is 16.9 Å². The molecule has 0 saturated carbocycles. The molecule has 0 radical (unpaired) electrons. The number of thioether (sulfide) groups is 1. The number of aromatic amines is 1. The Kier molecular flexibility index (Phi) is 5.08. The van der Waals surface area contributed by atoms with Crippen LogP contribution in [0.15, 0.2) is 36.7 Å². The number of benzene rings is 1. The highest BCUT2D eigenvalue weighted by Gasteiger charge is 2.28. The lowest BCUT2D eigenvalue weighted by Gasteiger charge is -2.40. The van der Waals surface area contributed by atoms with Crippen molar-refractivity contribution < 1.29 is 4.79 Å². The Morgan fingerprint density at radius 3 is 2.64 bits per heavy atom. The number of likely N-dealkylation sites (tertiary alicyclic amines) is 1. The van der Waals surface area contributed by atoms with Gasteiger partial charge < -0.3 is 4.90 Å². The number of carbonyl (C=O) groups is 1. The van der Waals surface area contributed by atoms with Crippen LogP contribution in [0.3, 0.4) is 0 Å². The number of aromatic nitrogens is 2. The average molecular weight is 356 g/mol. The van der Waals surface area contributed by atoms with E-state index in [4.69, 9.17) is 0 Å². The van der Waals surface area contributed by atoms with Gasteiger partial charge in [-0.3, -0.25) is 14.8 Å². The minimum atomic E-state index is 0.151. The second-order valence-electron chi connectivity index (χ2n) is 6.74. The van der Waals surface area contributed by atoms with Gasteiger partial charge in [0.1, 0.15) is 0 Å². The number of hydrogen-bond acceptors (Lipinski definition) is 4. The van der Waals surface area contributed by atoms with Crippen LogP contribution in [0.4, 0.5) is 0 Å². The van der Waals surface area contributed by atoms with Crippen molar-refractivity contribution in [2.24, 2.45) is 0 Å². The number of carbonyl (C=O) groups excluding carboxylic acids is 1. The minimum absolute atomic E-state index is 0.151. The molecule has 1 aromatic heterocycles. The van der Waals surface area contributed by atoms with E-state index in [0.717, 1.165) is 42.6 Å². The normalized spacial score (nSPS) is 19.9. The monoisotopic (exact) mass is 356 g/mol. The summed E-state index contributed by atoms with van der Waals surface area (Å²) in [4.78, 5) is 17.5. The summed E-state index contributed by atoms with van der Waals surface area (Å²) in [6, 6.07) is 8.51. The first-order chi connectivity index (χ1) is 12.3. The summed E-state index contributed by atoms with van der Waals surface area (Å²) in [5, 5.41) is 6.81. The zero-order chi connectivity index (χ0) is 17.1. The first kappa shape index (κ1) is 16.7. The fourth-order valence-electron chi connectivity index (χ4n) is 3.80. The molecule has 1 N–H and O–H groups in total. The standard InChI is InChI=1S/C19H24N4OS/c24-19(16-3-1-2-15(12-16)17-13-20-21-14-17)23-6-4-18(5-7-23)22-8-10-25-11-9-22/h1-3,12-14,18H,4-11H2,(H,20,21). The lowest BCUT2D eigenvalue weighted by Crippen LogP contribution is -2.49. The van der Waals surface area contributed by atoms with Crippen LogP contribution in [-0.4, -0.2) is 69.6 Å². The van der Waals surface area contributed by atoms with E-state index >= 15 is 0 Å². The maximum absolute atomic E-state index is 12.9. The maximum Gasteiger partial charge on any atom is 0.253 e. The van der Waals surface area contributed by atoms with E-state index in [-0.39, 0.29) is 5.91 Å². The molecule has 0 unspecified atom stereocenters. The van der Waals surface area contributed by atoms with Gasteiger partial charge in [0, 0.05) is 61.1 Å². The fourth-order valence-corrected chi connectivity index (χ4v) is 4.73. The second kappa shape index (κ2) is 7.62. The van der Waals surface area contributed by atoms with Crippen LogP contribution in [0.2, 0.25) is 0 Å². The van der Waals surface area contributed by atoms with Crippen LogP contribution in [0, 0.1) is 0 Å². The van der Waals surface area contributed by atoms with Crippen LogP contribution >= 0.6 is 11.8 Å². The third kappa shape index (κ3) is 3.75. The third-order valence-corrected chi connectivity index (χ3v) is 6.20. The summed E-state index contributed by atoms with van der Waals surface area (Å²) in [5.41, 5.74) is 2.81. The lowest BCUT2D eigenvalue weighted by atomic mass is 10.0. The van der Waals surface area contributed by atoms with E-state index in [2.05, 4.69) is 26.9 Å². The molecule has 1 amide bonds. The Morgan fingerprint density at radius 2 is 1.92 bits per heavy atom. The number of nitrogens with one attached hydrogen (secondary N) is 1. The highest BCUT2D eigenvalue weighted by Crippen LogP contribution is 2.23. The van der Waals surface area contributed by atoms with Gasteiger partial charge in [-0.1, -0.05) is 12.1 Å². The van der Waals surface area contributed by atoms with E-state index in [9.17, 15) is 4.79 Å². The van der Waals surface area contributed by atoms with Crippen LogP contribution in [0.1, 0.15) is 23.2 Å². The van der Waals surface area contributed by atoms with Crippen molar-refractivity contribution in [3.63, 3.8) is 0 Å². The Bertz CT molecular complexity index is 704. The van der Waals surface area contributed by atoms with E-state index in [1.165, 1.54) is 24.6 Å². The Hall–Kier alpha value is -1.79. The molecule has 0 bridgehead atoms. The molecule has 2 aliphatic rings. The van der Waals surface area contributed by atoms with E-state index in [0.29, 0.717) is 6.04 Å². The molecule has 4 rings (SSSR count). The predicted molar refractivity (Wildman–Crippen MR) is 102 cm³/mol. The molecule has 0 spiro atoms. The lowest BCUT2D eigenvalue weighted by molar-refractivity contribution is 0.0631. The Labute approximate surface area is 152 Å². The molecule has 132 valence electrons. The van der Waals surface area contributed by atoms with Gasteiger partial charge in [0.2, 0.25) is 0 Å². The maximum atomic E-state index is 12.9.